The van der Waals surface area contributed by atoms with E-state index in [1.807, 2.05) is 26.0 Å². The zero-order valence-corrected chi connectivity index (χ0v) is 14.6. The molecule has 0 N–H and O–H groups in total. The van der Waals surface area contributed by atoms with Crippen molar-refractivity contribution in [3.05, 3.63) is 35.2 Å². The van der Waals surface area contributed by atoms with Crippen LogP contribution in [0.15, 0.2) is 22.6 Å². The highest BCUT2D eigenvalue weighted by molar-refractivity contribution is 5.57. The van der Waals surface area contributed by atoms with E-state index < -0.39 is 0 Å². The van der Waals surface area contributed by atoms with Crippen LogP contribution in [-0.2, 0) is 6.54 Å². The summed E-state index contributed by atoms with van der Waals surface area (Å²) in [6.45, 7) is 8.39. The second-order valence-electron chi connectivity index (χ2n) is 6.52. The summed E-state index contributed by atoms with van der Waals surface area (Å²) >= 11 is 0. The summed E-state index contributed by atoms with van der Waals surface area (Å²) in [5, 5.41) is 0. The van der Waals surface area contributed by atoms with Gasteiger partial charge in [0.05, 0.1) is 12.8 Å². The third-order valence-corrected chi connectivity index (χ3v) is 4.83. The Labute approximate surface area is 138 Å². The van der Waals surface area contributed by atoms with E-state index >= 15 is 0 Å². The number of ether oxygens (including phenoxy) is 1. The van der Waals surface area contributed by atoms with Gasteiger partial charge in [0.25, 0.3) is 0 Å². The lowest BCUT2D eigenvalue weighted by Gasteiger charge is -2.32. The van der Waals surface area contributed by atoms with Crippen molar-refractivity contribution in [2.75, 3.05) is 13.7 Å². The molecule has 2 aromatic rings. The molecule has 1 aliphatic heterocycles. The normalized spacial score (nSPS) is 19.0. The van der Waals surface area contributed by atoms with Crippen molar-refractivity contribution in [3.63, 3.8) is 0 Å². The van der Waals surface area contributed by atoms with Gasteiger partial charge >= 0.3 is 0 Å². The van der Waals surface area contributed by atoms with Gasteiger partial charge in [-0.1, -0.05) is 6.42 Å². The van der Waals surface area contributed by atoms with Crippen LogP contribution in [0.5, 0.6) is 5.75 Å². The van der Waals surface area contributed by atoms with E-state index in [1.165, 1.54) is 19.3 Å². The van der Waals surface area contributed by atoms with Crippen molar-refractivity contribution in [3.8, 4) is 17.2 Å². The molecule has 4 heteroatoms. The molecule has 3 rings (SSSR count). The first-order chi connectivity index (χ1) is 11.1. The van der Waals surface area contributed by atoms with Crippen LogP contribution in [0.1, 0.15) is 43.2 Å². The Hall–Kier alpha value is -1.81. The van der Waals surface area contributed by atoms with Crippen molar-refractivity contribution in [2.45, 2.75) is 52.6 Å². The van der Waals surface area contributed by atoms with E-state index in [1.54, 1.807) is 7.11 Å². The number of rotatable bonds is 4. The first-order valence-electron chi connectivity index (χ1n) is 8.44. The molecule has 0 unspecified atom stereocenters. The minimum Gasteiger partial charge on any atom is -0.496 e. The van der Waals surface area contributed by atoms with E-state index in [0.29, 0.717) is 11.9 Å². The molecule has 23 heavy (non-hydrogen) atoms. The largest absolute Gasteiger partial charge is 0.496 e. The van der Waals surface area contributed by atoms with Gasteiger partial charge in [-0.05, 0) is 63.9 Å². The molecule has 0 spiro atoms. The molecule has 0 saturated carbocycles. The SMILES string of the molecule is COc1ccc(-c2nc(CN3CCCC[C@H]3C)c(C)o2)cc1C. The number of aromatic nitrogens is 1. The number of hydrogen-bond acceptors (Lipinski definition) is 4. The van der Waals surface area contributed by atoms with Crippen LogP contribution in [0.4, 0.5) is 0 Å². The Morgan fingerprint density at radius 2 is 2.13 bits per heavy atom. The average molecular weight is 314 g/mol. The monoisotopic (exact) mass is 314 g/mol. The number of methoxy groups -OCH3 is 1. The van der Waals surface area contributed by atoms with Gasteiger partial charge in [0.15, 0.2) is 0 Å². The fourth-order valence-electron chi connectivity index (χ4n) is 3.29. The quantitative estimate of drug-likeness (QED) is 0.841. The van der Waals surface area contributed by atoms with E-state index in [2.05, 4.69) is 17.9 Å². The Morgan fingerprint density at radius 3 is 2.83 bits per heavy atom. The van der Waals surface area contributed by atoms with E-state index in [-0.39, 0.29) is 0 Å². The molecule has 0 amide bonds. The summed E-state index contributed by atoms with van der Waals surface area (Å²) in [6.07, 6.45) is 3.90. The third-order valence-electron chi connectivity index (χ3n) is 4.83. The topological polar surface area (TPSA) is 38.5 Å². The van der Waals surface area contributed by atoms with E-state index in [0.717, 1.165) is 41.4 Å². The second kappa shape index (κ2) is 6.75. The fourth-order valence-corrected chi connectivity index (χ4v) is 3.29. The molecular weight excluding hydrogens is 288 g/mol. The van der Waals surface area contributed by atoms with Gasteiger partial charge in [0, 0.05) is 18.2 Å². The van der Waals surface area contributed by atoms with Gasteiger partial charge in [-0.3, -0.25) is 4.90 Å². The first-order valence-corrected chi connectivity index (χ1v) is 8.44. The summed E-state index contributed by atoms with van der Waals surface area (Å²) in [4.78, 5) is 7.27. The Balaban J connectivity index is 1.81. The molecule has 1 aliphatic rings. The predicted molar refractivity (Wildman–Crippen MR) is 91.7 cm³/mol. The van der Waals surface area contributed by atoms with E-state index in [4.69, 9.17) is 14.1 Å². The van der Waals surface area contributed by atoms with Gasteiger partial charge in [-0.15, -0.1) is 0 Å². The zero-order valence-electron chi connectivity index (χ0n) is 14.6. The van der Waals surface area contributed by atoms with Crippen LogP contribution in [-0.4, -0.2) is 29.6 Å². The number of aryl methyl sites for hydroxylation is 2. The van der Waals surface area contributed by atoms with Crippen molar-refractivity contribution in [2.24, 2.45) is 0 Å². The summed E-state index contributed by atoms with van der Waals surface area (Å²) in [7, 11) is 1.69. The number of hydrogen-bond donors (Lipinski definition) is 0. The first kappa shape index (κ1) is 16.1. The minimum atomic E-state index is 0.631. The van der Waals surface area contributed by atoms with Crippen LogP contribution >= 0.6 is 0 Å². The van der Waals surface area contributed by atoms with Crippen molar-refractivity contribution in [1.82, 2.24) is 9.88 Å². The van der Waals surface area contributed by atoms with E-state index in [9.17, 15) is 0 Å². The highest BCUT2D eigenvalue weighted by atomic mass is 16.5. The molecule has 2 heterocycles. The van der Waals surface area contributed by atoms with Gasteiger partial charge in [0.2, 0.25) is 5.89 Å². The minimum absolute atomic E-state index is 0.631. The van der Waals surface area contributed by atoms with Crippen molar-refractivity contribution in [1.29, 1.82) is 0 Å². The molecule has 1 aromatic heterocycles. The van der Waals surface area contributed by atoms with Crippen LogP contribution in [0.3, 0.4) is 0 Å². The molecule has 1 aromatic carbocycles. The zero-order chi connectivity index (χ0) is 16.4. The van der Waals surface area contributed by atoms with Gasteiger partial charge in [-0.25, -0.2) is 4.98 Å². The number of benzene rings is 1. The number of nitrogens with zero attached hydrogens (tertiary/aromatic N) is 2. The van der Waals surface area contributed by atoms with Gasteiger partial charge in [0.1, 0.15) is 11.5 Å². The maximum Gasteiger partial charge on any atom is 0.226 e. The molecular formula is C19H26N2O2. The van der Waals surface area contributed by atoms with Crippen LogP contribution < -0.4 is 4.74 Å². The third kappa shape index (κ3) is 3.42. The lowest BCUT2D eigenvalue weighted by molar-refractivity contribution is 0.150. The smallest absolute Gasteiger partial charge is 0.226 e. The van der Waals surface area contributed by atoms with Gasteiger partial charge < -0.3 is 9.15 Å². The van der Waals surface area contributed by atoms with Crippen molar-refractivity contribution >= 4 is 0 Å². The molecule has 1 saturated heterocycles. The lowest BCUT2D eigenvalue weighted by atomic mass is 10.0. The van der Waals surface area contributed by atoms with Crippen LogP contribution in [0.25, 0.3) is 11.5 Å². The van der Waals surface area contributed by atoms with Crippen LogP contribution in [0.2, 0.25) is 0 Å². The molecule has 1 fully saturated rings. The van der Waals surface area contributed by atoms with Gasteiger partial charge in [-0.2, -0.15) is 0 Å². The number of likely N-dealkylation sites (tertiary alicyclic amines) is 1. The predicted octanol–water partition coefficient (Wildman–Crippen LogP) is 4.34. The molecule has 0 radical (unpaired) electrons. The standard InChI is InChI=1S/C19H26N2O2/c1-13-11-16(8-9-18(13)22-4)19-20-17(15(3)23-19)12-21-10-6-5-7-14(21)2/h8-9,11,14H,5-7,10,12H2,1-4H3/t14-/m1/s1. The van der Waals surface area contributed by atoms with Crippen LogP contribution in [0, 0.1) is 13.8 Å². The maximum atomic E-state index is 5.93. The summed E-state index contributed by atoms with van der Waals surface area (Å²) in [5.74, 6) is 2.51. The average Bonchev–Trinajstić information content (AvgIpc) is 2.90. The highest BCUT2D eigenvalue weighted by Gasteiger charge is 2.21. The number of oxazole rings is 1. The maximum absolute atomic E-state index is 5.93. The second-order valence-corrected chi connectivity index (χ2v) is 6.52. The van der Waals surface area contributed by atoms with Crippen molar-refractivity contribution < 1.29 is 9.15 Å². The molecule has 4 nitrogen and oxygen atoms in total. The lowest BCUT2D eigenvalue weighted by Crippen LogP contribution is -2.37. The highest BCUT2D eigenvalue weighted by Crippen LogP contribution is 2.28. The Morgan fingerprint density at radius 1 is 1.30 bits per heavy atom. The molecule has 0 bridgehead atoms. The fraction of sp³-hybridized carbons (Fsp3) is 0.526. The molecule has 1 atom stereocenters. The number of piperidine rings is 1. The summed E-state index contributed by atoms with van der Waals surface area (Å²) in [5.41, 5.74) is 3.15. The Bertz CT molecular complexity index is 678. The molecule has 124 valence electrons. The summed E-state index contributed by atoms with van der Waals surface area (Å²) in [6, 6.07) is 6.67. The summed E-state index contributed by atoms with van der Waals surface area (Å²) < 4.78 is 11.2. The molecule has 0 aliphatic carbocycles. The Kier molecular flexibility index (Phi) is 4.71.